The molecule has 0 fully saturated rings. The molecular weight excluding hydrogens is 1270 g/mol. The fourth-order valence-electron chi connectivity index (χ4n) is 8.90. The van der Waals surface area contributed by atoms with Gasteiger partial charge < -0.3 is 34.2 Å². The van der Waals surface area contributed by atoms with Crippen molar-refractivity contribution in [3.63, 3.8) is 0 Å². The smallest absolute Gasteiger partial charge is 0.463 e. The normalized spacial score (nSPS) is 15.1. The van der Waals surface area contributed by atoms with Crippen molar-refractivity contribution in [3.05, 3.63) is 170 Å². The van der Waals surface area contributed by atoms with Gasteiger partial charge in [-0.2, -0.15) is 0 Å². The van der Waals surface area contributed by atoms with E-state index in [-0.39, 0.29) is 19.3 Å². The van der Waals surface area contributed by atoms with Gasteiger partial charge in [-0.3, -0.25) is 32.5 Å². The van der Waals surface area contributed by atoms with Crippen molar-refractivity contribution in [2.75, 3.05) is 39.6 Å². The highest BCUT2D eigenvalue weighted by Gasteiger charge is 2.29. The summed E-state index contributed by atoms with van der Waals surface area (Å²) in [4.78, 5) is 58.6. The maximum absolute atomic E-state index is 13.0. The predicted octanol–water partition coefficient (Wildman–Crippen LogP) is 20.9. The van der Waals surface area contributed by atoms with Crippen molar-refractivity contribution in [1.29, 1.82) is 0 Å². The molecule has 0 saturated heterocycles. The lowest BCUT2D eigenvalue weighted by Gasteiger charge is -2.21. The minimum Gasteiger partial charge on any atom is -0.463 e. The number of aliphatic hydroxyl groups excluding tert-OH is 2. The number of ether oxygens (including phenoxy) is 3. The molecule has 0 aliphatic heterocycles. The second-order valence-corrected chi connectivity index (χ2v) is 26.5. The number of allylic oxidation sites excluding steroid dienone is 28. The lowest BCUT2D eigenvalue weighted by Crippen LogP contribution is -2.30. The Hall–Kier alpha value is -5.09. The monoisotopic (exact) mass is 1390 g/mol. The Balaban J connectivity index is 4.81. The lowest BCUT2D eigenvalue weighted by atomic mass is 10.1. The molecule has 18 heteroatoms. The molecule has 0 aromatic carbocycles. The van der Waals surface area contributed by atoms with E-state index >= 15 is 0 Å². The standard InChI is InChI=1S/C79H128O16P2/c1-4-7-10-13-16-19-22-25-28-31-34-36-39-41-44-47-50-53-56-59-62-65-77(82)89-68-74(80)69-91-96(85,86)92-70-75(81)71-93-97(87,88)94-73-76(95-79(84)67-64-61-58-55-52-49-46-43-38-33-30-27-24-21-18-15-12-9-6-3)72-90-78(83)66-63-60-57-54-51-48-45-42-40-37-35-32-29-26-23-20-17-14-11-8-5-2/h7,9-10,12,16-21,25-30,34-38,41-45,50,53,74-76,80-81H,4-6,8,11,13-15,22-24,31-33,39-40,46-49,51-52,54-73H2,1-3H3,(H,85,86)(H,87,88)/b10-7-,12-9-,19-16-,20-17-,21-18-,28-25-,29-26-,30-27-,36-34-,37-35-,43-38-,44-41-,45-42-,53-50-. The van der Waals surface area contributed by atoms with Crippen LogP contribution in [0.1, 0.15) is 252 Å². The van der Waals surface area contributed by atoms with E-state index in [4.69, 9.17) is 32.3 Å². The molecule has 0 amide bonds. The van der Waals surface area contributed by atoms with E-state index in [1.54, 1.807) is 0 Å². The van der Waals surface area contributed by atoms with Crippen LogP contribution in [0.15, 0.2) is 170 Å². The summed E-state index contributed by atoms with van der Waals surface area (Å²) in [6.07, 6.45) is 88.2. The molecule has 5 unspecified atom stereocenters. The van der Waals surface area contributed by atoms with Crippen LogP contribution in [0.2, 0.25) is 0 Å². The number of esters is 3. The van der Waals surface area contributed by atoms with Gasteiger partial charge in [-0.05, 0) is 154 Å². The van der Waals surface area contributed by atoms with Crippen LogP contribution in [0.4, 0.5) is 0 Å². The molecule has 0 aromatic rings. The Morgan fingerprint density at radius 1 is 0.299 bits per heavy atom. The third-order valence-electron chi connectivity index (χ3n) is 14.4. The molecule has 0 heterocycles. The Labute approximate surface area is 586 Å². The lowest BCUT2D eigenvalue weighted by molar-refractivity contribution is -0.161. The van der Waals surface area contributed by atoms with Gasteiger partial charge in [-0.1, -0.05) is 249 Å². The molecule has 550 valence electrons. The molecule has 16 nitrogen and oxygen atoms in total. The molecule has 0 aliphatic carbocycles. The molecule has 0 rings (SSSR count). The van der Waals surface area contributed by atoms with Gasteiger partial charge in [0, 0.05) is 19.3 Å². The van der Waals surface area contributed by atoms with Gasteiger partial charge in [-0.25, -0.2) is 9.13 Å². The van der Waals surface area contributed by atoms with Crippen LogP contribution in [0, 0.1) is 0 Å². The summed E-state index contributed by atoms with van der Waals surface area (Å²) in [5.41, 5.74) is 0. The average molecular weight is 1400 g/mol. The Kier molecular flexibility index (Phi) is 67.0. The van der Waals surface area contributed by atoms with Crippen molar-refractivity contribution in [3.8, 4) is 0 Å². The number of hydrogen-bond acceptors (Lipinski definition) is 14. The zero-order chi connectivity index (χ0) is 70.9. The highest BCUT2D eigenvalue weighted by molar-refractivity contribution is 7.47. The number of carbonyl (C=O) groups is 3. The minimum absolute atomic E-state index is 0.0758. The van der Waals surface area contributed by atoms with Gasteiger partial charge in [0.25, 0.3) is 0 Å². The summed E-state index contributed by atoms with van der Waals surface area (Å²) in [6.45, 7) is 2.30. The topological polar surface area (TPSA) is 231 Å². The van der Waals surface area contributed by atoms with Crippen LogP contribution < -0.4 is 0 Å². The number of hydrogen-bond donors (Lipinski definition) is 4. The quantitative estimate of drug-likeness (QED) is 0.0146. The van der Waals surface area contributed by atoms with Gasteiger partial charge >= 0.3 is 33.6 Å². The molecular formula is C79H128O16P2. The Morgan fingerprint density at radius 2 is 0.546 bits per heavy atom. The highest BCUT2D eigenvalue weighted by atomic mass is 31.2. The van der Waals surface area contributed by atoms with Gasteiger partial charge in [0.2, 0.25) is 0 Å². The van der Waals surface area contributed by atoms with Crippen molar-refractivity contribution >= 4 is 33.6 Å². The highest BCUT2D eigenvalue weighted by Crippen LogP contribution is 2.45. The maximum Gasteiger partial charge on any atom is 0.472 e. The first-order valence-corrected chi connectivity index (χ1v) is 39.4. The number of rotatable bonds is 67. The van der Waals surface area contributed by atoms with Crippen LogP contribution in [0.25, 0.3) is 0 Å². The zero-order valence-electron chi connectivity index (χ0n) is 59.7. The van der Waals surface area contributed by atoms with Crippen molar-refractivity contribution in [2.24, 2.45) is 0 Å². The molecule has 0 spiro atoms. The largest absolute Gasteiger partial charge is 0.472 e. The van der Waals surface area contributed by atoms with E-state index in [9.17, 15) is 43.5 Å². The first-order chi connectivity index (χ1) is 47.2. The molecule has 0 bridgehead atoms. The molecule has 4 N–H and O–H groups in total. The van der Waals surface area contributed by atoms with Crippen LogP contribution in [-0.4, -0.2) is 95.9 Å². The summed E-state index contributed by atoms with van der Waals surface area (Å²) < 4.78 is 61.0. The van der Waals surface area contributed by atoms with E-state index in [0.717, 1.165) is 167 Å². The van der Waals surface area contributed by atoms with Gasteiger partial charge in [0.1, 0.15) is 25.4 Å². The maximum atomic E-state index is 13.0. The van der Waals surface area contributed by atoms with Crippen LogP contribution >= 0.6 is 15.6 Å². The number of phosphoric acid groups is 2. The predicted molar refractivity (Wildman–Crippen MR) is 398 cm³/mol. The summed E-state index contributed by atoms with van der Waals surface area (Å²) in [5, 5.41) is 20.6. The minimum atomic E-state index is -4.95. The summed E-state index contributed by atoms with van der Waals surface area (Å²) in [7, 11) is -9.82. The summed E-state index contributed by atoms with van der Waals surface area (Å²) in [6, 6.07) is 0. The van der Waals surface area contributed by atoms with Crippen molar-refractivity contribution in [2.45, 2.75) is 270 Å². The number of phosphoric ester groups is 2. The second kappa shape index (κ2) is 70.8. The van der Waals surface area contributed by atoms with Crippen molar-refractivity contribution < 1.29 is 75.8 Å². The average Bonchev–Trinajstić information content (AvgIpc) is 1.90. The van der Waals surface area contributed by atoms with Gasteiger partial charge in [-0.15, -0.1) is 0 Å². The van der Waals surface area contributed by atoms with E-state index in [1.807, 2.05) is 0 Å². The second-order valence-electron chi connectivity index (χ2n) is 23.6. The Bertz CT molecular complexity index is 2440. The number of aliphatic hydroxyl groups is 2. The fourth-order valence-corrected chi connectivity index (χ4v) is 10.5. The molecule has 0 radical (unpaired) electrons. The molecule has 97 heavy (non-hydrogen) atoms. The molecule has 0 saturated carbocycles. The number of unbranched alkanes of at least 4 members (excludes halogenated alkanes) is 16. The third kappa shape index (κ3) is 72.0. The summed E-state index contributed by atoms with van der Waals surface area (Å²) in [5.74, 6) is -1.67. The van der Waals surface area contributed by atoms with E-state index in [1.165, 1.54) is 25.7 Å². The van der Waals surface area contributed by atoms with Crippen molar-refractivity contribution in [1.82, 2.24) is 0 Å². The number of carbonyl (C=O) groups excluding carboxylic acids is 3. The van der Waals surface area contributed by atoms with Crippen LogP contribution in [0.5, 0.6) is 0 Å². The summed E-state index contributed by atoms with van der Waals surface area (Å²) >= 11 is 0. The molecule has 0 aliphatic rings. The molecule has 5 atom stereocenters. The first kappa shape index (κ1) is 91.9. The molecule has 0 aromatic heterocycles. The Morgan fingerprint density at radius 3 is 0.887 bits per heavy atom. The zero-order valence-corrected chi connectivity index (χ0v) is 61.5. The van der Waals surface area contributed by atoms with Crippen LogP contribution in [-0.2, 0) is 55.8 Å². The SMILES string of the molecule is CC/C=C\C/C=C\C/C=C\C/C=C\C/C=C\C/C=C\CCCCC(=O)OCC(O)COP(=O)(O)OCC(O)COP(=O)(O)OCC(COC(=O)CCCCCCC/C=C\C/C=C\C/C=C\C/C=C\CCCCC)OC(=O)CCCCCCCC/C=C\C/C=C\C/C=C\C/C=C\CC. The van der Waals surface area contributed by atoms with Crippen LogP contribution in [0.3, 0.4) is 0 Å². The fraction of sp³-hybridized carbons (Fsp3) is 0.608. The van der Waals surface area contributed by atoms with E-state index < -0.39 is 91.5 Å². The van der Waals surface area contributed by atoms with E-state index in [0.29, 0.717) is 19.3 Å². The van der Waals surface area contributed by atoms with E-state index in [2.05, 4.69) is 191 Å². The first-order valence-electron chi connectivity index (χ1n) is 36.4. The van der Waals surface area contributed by atoms with Gasteiger partial charge in [0.15, 0.2) is 6.10 Å². The van der Waals surface area contributed by atoms with Gasteiger partial charge in [0.05, 0.1) is 26.4 Å². The third-order valence-corrected chi connectivity index (χ3v) is 16.3.